The Kier molecular flexibility index (Phi) is 6.32. The van der Waals surface area contributed by atoms with Crippen LogP contribution in [0.15, 0.2) is 127 Å². The molecule has 3 aromatic heterocycles. The number of aromatic nitrogens is 2. The summed E-state index contributed by atoms with van der Waals surface area (Å²) in [5.74, 6) is 0.848. The summed E-state index contributed by atoms with van der Waals surface area (Å²) in [6.07, 6.45) is 19.4. The number of thiophene rings is 1. The number of allylic oxidation sites excluding steroid dienone is 1. The van der Waals surface area contributed by atoms with Gasteiger partial charge in [0.25, 0.3) is 0 Å². The molecule has 2 nitrogen and oxygen atoms in total. The molecule has 0 bridgehead atoms. The molecule has 12 rings (SSSR count). The van der Waals surface area contributed by atoms with Gasteiger partial charge < -0.3 is 9.13 Å². The summed E-state index contributed by atoms with van der Waals surface area (Å²) in [6, 6.07) is 45.1. The van der Waals surface area contributed by atoms with E-state index in [9.17, 15) is 0 Å². The van der Waals surface area contributed by atoms with Gasteiger partial charge in [-0.05, 0) is 107 Å². The first-order valence-electron chi connectivity index (χ1n) is 19.0. The molecule has 0 N–H and O–H groups in total. The van der Waals surface area contributed by atoms with Crippen molar-refractivity contribution in [3.05, 3.63) is 160 Å². The van der Waals surface area contributed by atoms with Crippen molar-refractivity contribution < 1.29 is 0 Å². The Balaban J connectivity index is 1.04. The fraction of sp³-hybridized carbons (Fsp3) is 0.120. The third-order valence-corrected chi connectivity index (χ3v) is 13.4. The van der Waals surface area contributed by atoms with Gasteiger partial charge in [-0.15, -0.1) is 11.3 Å². The summed E-state index contributed by atoms with van der Waals surface area (Å²) in [5, 5.41) is 14.8. The second-order valence-electron chi connectivity index (χ2n) is 15.1. The van der Waals surface area contributed by atoms with Gasteiger partial charge in [0.2, 0.25) is 0 Å². The van der Waals surface area contributed by atoms with E-state index in [0.29, 0.717) is 11.8 Å². The summed E-state index contributed by atoms with van der Waals surface area (Å²) in [5.41, 5.74) is 6.68. The zero-order valence-corrected chi connectivity index (χ0v) is 30.1. The average molecular weight is 697 g/mol. The Labute approximate surface area is 310 Å². The summed E-state index contributed by atoms with van der Waals surface area (Å²) in [6.45, 7) is 0. The minimum atomic E-state index is 0.418. The van der Waals surface area contributed by atoms with E-state index in [1.54, 1.807) is 0 Å². The Morgan fingerprint density at radius 2 is 1.34 bits per heavy atom. The van der Waals surface area contributed by atoms with Crippen molar-refractivity contribution in [1.29, 1.82) is 0 Å². The van der Waals surface area contributed by atoms with Crippen molar-refractivity contribution in [3.8, 4) is 11.4 Å². The van der Waals surface area contributed by atoms with Crippen LogP contribution in [0.3, 0.4) is 0 Å². The zero-order valence-electron chi connectivity index (χ0n) is 29.3. The van der Waals surface area contributed by atoms with Crippen LogP contribution in [-0.4, -0.2) is 9.13 Å². The molecule has 0 radical (unpaired) electrons. The topological polar surface area (TPSA) is 9.86 Å². The van der Waals surface area contributed by atoms with Crippen LogP contribution in [-0.2, 0) is 6.42 Å². The molecule has 2 atom stereocenters. The first-order chi connectivity index (χ1) is 26.3. The van der Waals surface area contributed by atoms with Gasteiger partial charge in [-0.1, -0.05) is 115 Å². The van der Waals surface area contributed by atoms with Crippen LogP contribution in [0.1, 0.15) is 30.5 Å². The van der Waals surface area contributed by atoms with E-state index in [1.807, 2.05) is 11.3 Å². The highest BCUT2D eigenvalue weighted by Gasteiger charge is 2.28. The number of fused-ring (bicyclic) bond motifs is 11. The lowest BCUT2D eigenvalue weighted by Gasteiger charge is -2.26. The van der Waals surface area contributed by atoms with Gasteiger partial charge in [0, 0.05) is 58.2 Å². The van der Waals surface area contributed by atoms with Crippen molar-refractivity contribution in [3.63, 3.8) is 0 Å². The molecule has 3 aliphatic rings. The summed E-state index contributed by atoms with van der Waals surface area (Å²) in [7, 11) is 0. The molecule has 0 aliphatic heterocycles. The van der Waals surface area contributed by atoms with Gasteiger partial charge in [-0.2, -0.15) is 0 Å². The van der Waals surface area contributed by atoms with Gasteiger partial charge in [-0.3, -0.25) is 0 Å². The van der Waals surface area contributed by atoms with E-state index in [0.717, 1.165) is 25.7 Å². The van der Waals surface area contributed by atoms with Gasteiger partial charge in [0.15, 0.2) is 0 Å². The van der Waals surface area contributed by atoms with Crippen LogP contribution in [0, 0.1) is 11.8 Å². The smallest absolute Gasteiger partial charge is 0.0555 e. The van der Waals surface area contributed by atoms with Gasteiger partial charge >= 0.3 is 0 Å². The Hall–Kier alpha value is -5.90. The van der Waals surface area contributed by atoms with Gasteiger partial charge in [-0.25, -0.2) is 0 Å². The van der Waals surface area contributed by atoms with Crippen molar-refractivity contribution in [1.82, 2.24) is 9.13 Å². The van der Waals surface area contributed by atoms with Gasteiger partial charge in [0.05, 0.1) is 11.2 Å². The second-order valence-corrected chi connectivity index (χ2v) is 16.2. The highest BCUT2D eigenvalue weighted by atomic mass is 32.1. The molecular formula is C50H36N2S. The van der Waals surface area contributed by atoms with Crippen molar-refractivity contribution in [2.45, 2.75) is 25.7 Å². The monoisotopic (exact) mass is 696 g/mol. The van der Waals surface area contributed by atoms with E-state index < -0.39 is 0 Å². The number of hydrogen-bond acceptors (Lipinski definition) is 1. The molecule has 0 saturated heterocycles. The number of nitrogens with zero attached hydrogens (tertiary/aromatic N) is 2. The third kappa shape index (κ3) is 4.38. The zero-order chi connectivity index (χ0) is 34.6. The number of benzene rings is 6. The molecule has 252 valence electrons. The van der Waals surface area contributed by atoms with Gasteiger partial charge in [0.1, 0.15) is 0 Å². The van der Waals surface area contributed by atoms with E-state index in [2.05, 4.69) is 167 Å². The molecule has 53 heavy (non-hydrogen) atoms. The van der Waals surface area contributed by atoms with E-state index >= 15 is 0 Å². The Morgan fingerprint density at radius 3 is 2.28 bits per heavy atom. The molecule has 0 saturated carbocycles. The van der Waals surface area contributed by atoms with E-state index in [4.69, 9.17) is 0 Å². The predicted octanol–water partition coefficient (Wildman–Crippen LogP) is 9.92. The van der Waals surface area contributed by atoms with Crippen LogP contribution in [0.4, 0.5) is 0 Å². The maximum atomic E-state index is 2.64. The fourth-order valence-corrected chi connectivity index (χ4v) is 10.9. The second kappa shape index (κ2) is 11.3. The lowest BCUT2D eigenvalue weighted by atomic mass is 9.79. The first kappa shape index (κ1) is 29.7. The molecule has 3 heteroatoms. The van der Waals surface area contributed by atoms with Crippen LogP contribution in [0.2, 0.25) is 0 Å². The third-order valence-electron chi connectivity index (χ3n) is 12.2. The predicted molar refractivity (Wildman–Crippen MR) is 227 cm³/mol. The van der Waals surface area contributed by atoms with E-state index in [1.165, 1.54) is 96.4 Å². The molecule has 0 fully saturated rings. The Bertz CT molecular complexity index is 3310. The van der Waals surface area contributed by atoms with Crippen LogP contribution in [0.5, 0.6) is 0 Å². The van der Waals surface area contributed by atoms with Crippen molar-refractivity contribution in [2.24, 2.45) is 11.8 Å². The molecular weight excluding hydrogens is 661 g/mol. The fourth-order valence-electron chi connectivity index (χ4n) is 9.77. The molecule has 3 heterocycles. The first-order valence-corrected chi connectivity index (χ1v) is 19.9. The molecule has 3 aliphatic carbocycles. The summed E-state index contributed by atoms with van der Waals surface area (Å²) < 4.78 is 7.79. The van der Waals surface area contributed by atoms with Crippen LogP contribution < -0.4 is 21.1 Å². The summed E-state index contributed by atoms with van der Waals surface area (Å²) in [4.78, 5) is 0. The maximum Gasteiger partial charge on any atom is 0.0555 e. The molecule has 0 spiro atoms. The standard InChI is InChI=1S/C50H36N2S/c1-2-12-33-26-36(23-20-31(33)10-1)51-46-24-21-35(28-41(46)42-29-43-39-16-6-8-19-49(39)53-50(43)30-48(42)51)34-22-25-47-40(27-34)38-15-5-7-17-45(38)52(47)44-18-9-13-32-11-3-4-14-37(32)44/h1-4,6,8-20,22-26,28-30,34-35H,5,7,21,27H2. The quantitative estimate of drug-likeness (QED) is 0.174. The molecule has 9 aromatic rings. The van der Waals surface area contributed by atoms with E-state index in [-0.39, 0.29) is 0 Å². The Morgan fingerprint density at radius 1 is 0.547 bits per heavy atom. The highest BCUT2D eigenvalue weighted by molar-refractivity contribution is 7.25. The largest absolute Gasteiger partial charge is 0.310 e. The lowest BCUT2D eigenvalue weighted by molar-refractivity contribution is 0.500. The molecule has 6 aromatic carbocycles. The highest BCUT2D eigenvalue weighted by Crippen LogP contribution is 2.37. The molecule has 2 unspecified atom stereocenters. The van der Waals surface area contributed by atoms with Crippen molar-refractivity contribution >= 4 is 94.3 Å². The minimum absolute atomic E-state index is 0.418. The SMILES string of the molecule is C1=CC(C2C=c3c(n(-c4ccc5ccccc5c4)c4cc5sc6ccccc6c5cc34)=CC2)Cc2c1n(-c1cccc3ccccc13)c1c2=CCCC=1. The minimum Gasteiger partial charge on any atom is -0.310 e. The number of hydrogen-bond donors (Lipinski definition) is 0. The molecule has 0 amide bonds. The number of rotatable bonds is 3. The van der Waals surface area contributed by atoms with Crippen LogP contribution in [0.25, 0.3) is 94.4 Å². The lowest BCUT2D eigenvalue weighted by Crippen LogP contribution is -2.35. The summed E-state index contributed by atoms with van der Waals surface area (Å²) >= 11 is 1.91. The normalized spacial score (nSPS) is 17.7. The average Bonchev–Trinajstić information content (AvgIpc) is 3.86. The van der Waals surface area contributed by atoms with Crippen molar-refractivity contribution in [2.75, 3.05) is 0 Å². The van der Waals surface area contributed by atoms with Crippen LogP contribution >= 0.6 is 11.3 Å². The maximum absolute atomic E-state index is 2.64.